The molecule has 0 unspecified atom stereocenters. The molecule has 1 aromatic rings. The lowest BCUT2D eigenvalue weighted by Crippen LogP contribution is -3.14. The van der Waals surface area contributed by atoms with E-state index >= 15 is 0 Å². The van der Waals surface area contributed by atoms with Crippen LogP contribution in [0.4, 0.5) is 0 Å². The van der Waals surface area contributed by atoms with Crippen molar-refractivity contribution in [3.63, 3.8) is 0 Å². The molecule has 20 heavy (non-hydrogen) atoms. The standard InChI is InChI=1S/C16H23NO3/c1-2-16(18)14-4-6-15(7-5-14)20-11-3-8-17-9-12-19-13-10-17/h4-7H,2-3,8-13H2,1H3/p+1. The van der Waals surface area contributed by atoms with Crippen LogP contribution < -0.4 is 9.64 Å². The van der Waals surface area contributed by atoms with E-state index in [9.17, 15) is 4.79 Å². The molecule has 0 atom stereocenters. The molecule has 0 spiro atoms. The van der Waals surface area contributed by atoms with Gasteiger partial charge >= 0.3 is 0 Å². The summed E-state index contributed by atoms with van der Waals surface area (Å²) in [6.45, 7) is 7.70. The highest BCUT2D eigenvalue weighted by molar-refractivity contribution is 5.95. The summed E-state index contributed by atoms with van der Waals surface area (Å²) in [4.78, 5) is 13.1. The van der Waals surface area contributed by atoms with E-state index in [1.54, 1.807) is 4.90 Å². The molecule has 0 amide bonds. The van der Waals surface area contributed by atoms with Crippen molar-refractivity contribution >= 4 is 5.78 Å². The fourth-order valence-corrected chi connectivity index (χ4v) is 2.36. The van der Waals surface area contributed by atoms with Crippen molar-refractivity contribution in [3.05, 3.63) is 29.8 Å². The van der Waals surface area contributed by atoms with Crippen LogP contribution in [0.25, 0.3) is 0 Å². The van der Waals surface area contributed by atoms with Crippen LogP contribution >= 0.6 is 0 Å². The van der Waals surface area contributed by atoms with E-state index in [1.807, 2.05) is 31.2 Å². The van der Waals surface area contributed by atoms with Crippen LogP contribution in [-0.2, 0) is 4.74 Å². The second-order valence-electron chi connectivity index (χ2n) is 5.12. The minimum atomic E-state index is 0.174. The minimum Gasteiger partial charge on any atom is -0.493 e. The molecule has 0 saturated carbocycles. The Morgan fingerprint density at radius 2 is 1.95 bits per heavy atom. The van der Waals surface area contributed by atoms with Gasteiger partial charge in [0.25, 0.3) is 0 Å². The molecule has 0 aromatic heterocycles. The molecule has 1 fully saturated rings. The third kappa shape index (κ3) is 4.62. The Labute approximate surface area is 120 Å². The van der Waals surface area contributed by atoms with Crippen molar-refractivity contribution in [3.8, 4) is 5.75 Å². The van der Waals surface area contributed by atoms with Gasteiger partial charge in [-0.05, 0) is 24.3 Å². The smallest absolute Gasteiger partial charge is 0.162 e. The van der Waals surface area contributed by atoms with Gasteiger partial charge in [-0.15, -0.1) is 0 Å². The maximum Gasteiger partial charge on any atom is 0.162 e. The first-order valence-electron chi connectivity index (χ1n) is 7.47. The van der Waals surface area contributed by atoms with Crippen LogP contribution in [0.2, 0.25) is 0 Å². The molecule has 1 heterocycles. The molecule has 0 bridgehead atoms. The lowest BCUT2D eigenvalue weighted by atomic mass is 10.1. The molecule has 0 radical (unpaired) electrons. The maximum absolute atomic E-state index is 11.5. The van der Waals surface area contributed by atoms with Gasteiger partial charge in [-0.1, -0.05) is 6.92 Å². The van der Waals surface area contributed by atoms with E-state index in [-0.39, 0.29) is 5.78 Å². The maximum atomic E-state index is 11.5. The summed E-state index contributed by atoms with van der Waals surface area (Å²) in [5.74, 6) is 1.02. The van der Waals surface area contributed by atoms with Gasteiger partial charge < -0.3 is 14.4 Å². The van der Waals surface area contributed by atoms with E-state index in [2.05, 4.69) is 0 Å². The first-order valence-corrected chi connectivity index (χ1v) is 7.47. The molecule has 1 saturated heterocycles. The topological polar surface area (TPSA) is 40.0 Å². The van der Waals surface area contributed by atoms with Gasteiger partial charge in [0, 0.05) is 18.4 Å². The Balaban J connectivity index is 1.67. The summed E-state index contributed by atoms with van der Waals surface area (Å²) < 4.78 is 11.0. The number of Topliss-reactive ketones (excluding diaryl/α,β-unsaturated/α-hetero) is 1. The number of nitrogens with one attached hydrogen (secondary N) is 1. The fourth-order valence-electron chi connectivity index (χ4n) is 2.36. The van der Waals surface area contributed by atoms with Gasteiger partial charge in [0.2, 0.25) is 0 Å². The van der Waals surface area contributed by atoms with Gasteiger partial charge in [-0.25, -0.2) is 0 Å². The van der Waals surface area contributed by atoms with Crippen LogP contribution in [0.3, 0.4) is 0 Å². The number of benzene rings is 1. The largest absolute Gasteiger partial charge is 0.493 e. The van der Waals surface area contributed by atoms with Crippen LogP contribution in [0, 0.1) is 0 Å². The molecule has 4 heteroatoms. The second-order valence-corrected chi connectivity index (χ2v) is 5.12. The molecular weight excluding hydrogens is 254 g/mol. The van der Waals surface area contributed by atoms with Crippen molar-refractivity contribution in [2.75, 3.05) is 39.5 Å². The summed E-state index contributed by atoms with van der Waals surface area (Å²) in [6, 6.07) is 7.44. The van der Waals surface area contributed by atoms with Crippen molar-refractivity contribution in [2.45, 2.75) is 19.8 Å². The molecule has 1 aromatic carbocycles. The van der Waals surface area contributed by atoms with E-state index in [1.165, 1.54) is 0 Å². The third-order valence-electron chi connectivity index (χ3n) is 3.64. The molecule has 1 N–H and O–H groups in total. The minimum absolute atomic E-state index is 0.174. The Morgan fingerprint density at radius 1 is 1.25 bits per heavy atom. The van der Waals surface area contributed by atoms with Gasteiger partial charge in [0.15, 0.2) is 5.78 Å². The Bertz CT molecular complexity index is 410. The highest BCUT2D eigenvalue weighted by atomic mass is 16.5. The molecule has 2 rings (SSSR count). The highest BCUT2D eigenvalue weighted by Gasteiger charge is 2.12. The summed E-state index contributed by atoms with van der Waals surface area (Å²) in [7, 11) is 0. The molecule has 1 aliphatic heterocycles. The molecule has 0 aliphatic carbocycles. The van der Waals surface area contributed by atoms with Crippen molar-refractivity contribution < 1.29 is 19.2 Å². The summed E-state index contributed by atoms with van der Waals surface area (Å²) in [5, 5.41) is 0. The highest BCUT2D eigenvalue weighted by Crippen LogP contribution is 2.13. The van der Waals surface area contributed by atoms with Crippen molar-refractivity contribution in [1.82, 2.24) is 0 Å². The Kier molecular flexibility index (Phi) is 6.02. The van der Waals surface area contributed by atoms with Crippen molar-refractivity contribution in [2.24, 2.45) is 0 Å². The average Bonchev–Trinajstić information content (AvgIpc) is 2.52. The number of carbonyl (C=O) groups is 1. The predicted molar refractivity (Wildman–Crippen MR) is 77.6 cm³/mol. The van der Waals surface area contributed by atoms with Gasteiger partial charge in [-0.2, -0.15) is 0 Å². The van der Waals surface area contributed by atoms with Gasteiger partial charge in [0.1, 0.15) is 18.8 Å². The fraction of sp³-hybridized carbons (Fsp3) is 0.562. The third-order valence-corrected chi connectivity index (χ3v) is 3.64. The predicted octanol–water partition coefficient (Wildman–Crippen LogP) is 0.963. The molecule has 4 nitrogen and oxygen atoms in total. The summed E-state index contributed by atoms with van der Waals surface area (Å²) >= 11 is 0. The number of hydrogen-bond acceptors (Lipinski definition) is 3. The number of ether oxygens (including phenoxy) is 2. The van der Waals surface area contributed by atoms with Crippen LogP contribution in [-0.4, -0.2) is 45.2 Å². The number of ketones is 1. The number of hydrogen-bond donors (Lipinski definition) is 1. The Hall–Kier alpha value is -1.39. The van der Waals surface area contributed by atoms with E-state index < -0.39 is 0 Å². The van der Waals surface area contributed by atoms with Crippen LogP contribution in [0.5, 0.6) is 5.75 Å². The summed E-state index contributed by atoms with van der Waals surface area (Å²) in [5.41, 5.74) is 0.762. The normalized spacial score (nSPS) is 16.1. The van der Waals surface area contributed by atoms with Crippen LogP contribution in [0.15, 0.2) is 24.3 Å². The average molecular weight is 278 g/mol. The Morgan fingerprint density at radius 3 is 2.60 bits per heavy atom. The quantitative estimate of drug-likeness (QED) is 0.596. The zero-order valence-corrected chi connectivity index (χ0v) is 12.2. The van der Waals surface area contributed by atoms with E-state index in [0.29, 0.717) is 6.42 Å². The van der Waals surface area contributed by atoms with E-state index in [0.717, 1.165) is 57.2 Å². The number of quaternary nitrogens is 1. The second kappa shape index (κ2) is 8.02. The van der Waals surface area contributed by atoms with Crippen molar-refractivity contribution in [1.29, 1.82) is 0 Å². The van der Waals surface area contributed by atoms with Crippen LogP contribution in [0.1, 0.15) is 30.1 Å². The zero-order chi connectivity index (χ0) is 14.2. The number of rotatable bonds is 7. The SMILES string of the molecule is CCC(=O)c1ccc(OCCC[NH+]2CCOCC2)cc1. The lowest BCUT2D eigenvalue weighted by Gasteiger charge is -2.23. The van der Waals surface area contributed by atoms with Gasteiger partial charge in [-0.3, -0.25) is 4.79 Å². The molecule has 1 aliphatic rings. The van der Waals surface area contributed by atoms with E-state index in [4.69, 9.17) is 9.47 Å². The van der Waals surface area contributed by atoms with Gasteiger partial charge in [0.05, 0.1) is 26.4 Å². The first-order chi connectivity index (χ1) is 9.79. The number of morpholine rings is 1. The lowest BCUT2D eigenvalue weighted by molar-refractivity contribution is -0.908. The first kappa shape index (κ1) is 15.0. The molecular formula is C16H24NO3+. The number of carbonyl (C=O) groups excluding carboxylic acids is 1. The monoisotopic (exact) mass is 278 g/mol. The zero-order valence-electron chi connectivity index (χ0n) is 12.2. The molecule has 110 valence electrons. The summed E-state index contributed by atoms with van der Waals surface area (Å²) in [6.07, 6.45) is 1.59.